The minimum Gasteiger partial charge on any atom is -0.402 e. The maximum Gasteiger partial charge on any atom is 0.404 e. The summed E-state index contributed by atoms with van der Waals surface area (Å²) in [6, 6.07) is 0. The quantitative estimate of drug-likeness (QED) is 0.418. The first kappa shape index (κ1) is 14.0. The van der Waals surface area contributed by atoms with Crippen LogP contribution >= 0.6 is 0 Å². The Balaban J connectivity index is 4.21. The summed E-state index contributed by atoms with van der Waals surface area (Å²) in [5, 5.41) is 0. The highest BCUT2D eigenvalue weighted by atomic mass is 28.3. The summed E-state index contributed by atoms with van der Waals surface area (Å²) in [6.45, 7) is 6.92. The fourth-order valence-corrected chi connectivity index (χ4v) is 1.42. The van der Waals surface area contributed by atoms with Gasteiger partial charge in [-0.25, -0.2) is 0 Å². The maximum absolute atomic E-state index is 5.35. The average Bonchev–Trinajstić information content (AvgIpc) is 2.16. The van der Waals surface area contributed by atoms with Gasteiger partial charge in [0.2, 0.25) is 0 Å². The Labute approximate surface area is 87.7 Å². The van der Waals surface area contributed by atoms with Crippen LogP contribution < -0.4 is 0 Å². The van der Waals surface area contributed by atoms with E-state index in [1.807, 2.05) is 20.8 Å². The lowest BCUT2D eigenvalue weighted by atomic mass is 10.8. The van der Waals surface area contributed by atoms with E-state index in [-0.39, 0.29) is 0 Å². The smallest absolute Gasteiger partial charge is 0.402 e. The van der Waals surface area contributed by atoms with Crippen molar-refractivity contribution in [2.24, 2.45) is 0 Å². The minimum absolute atomic E-state index is 0.456. The zero-order valence-electron chi connectivity index (χ0n) is 9.37. The summed E-state index contributed by atoms with van der Waals surface area (Å²) in [5.74, 6) is 0. The van der Waals surface area contributed by atoms with Gasteiger partial charge in [-0.1, -0.05) is 0 Å². The summed E-state index contributed by atoms with van der Waals surface area (Å²) in [5.41, 5.74) is 0. The predicted molar refractivity (Wildman–Crippen MR) is 54.2 cm³/mol. The fraction of sp³-hybridized carbons (Fsp3) is 1.00. The van der Waals surface area contributed by atoms with Gasteiger partial charge in [0.1, 0.15) is 0 Å². The molecule has 0 rings (SSSR count). The third kappa shape index (κ3) is 5.04. The Morgan fingerprint density at radius 3 is 1.64 bits per heavy atom. The predicted octanol–water partition coefficient (Wildman–Crippen LogP) is 0.369. The first-order chi connectivity index (χ1) is 6.74. The molecule has 0 spiro atoms. The fourth-order valence-electron chi connectivity index (χ4n) is 0.911. The van der Waals surface area contributed by atoms with Gasteiger partial charge in [-0.05, 0) is 20.8 Å². The molecule has 0 aromatic heterocycles. The average molecular weight is 224 g/mol. The lowest BCUT2D eigenvalue weighted by Crippen LogP contribution is -2.43. The van der Waals surface area contributed by atoms with Crippen molar-refractivity contribution in [3.05, 3.63) is 0 Å². The van der Waals surface area contributed by atoms with Crippen LogP contribution in [0.2, 0.25) is 0 Å². The second-order valence-corrected chi connectivity index (χ2v) is 3.45. The molecule has 0 atom stereocenters. The van der Waals surface area contributed by atoms with Crippen molar-refractivity contribution in [2.45, 2.75) is 26.9 Å². The molecule has 0 unspecified atom stereocenters. The summed E-state index contributed by atoms with van der Waals surface area (Å²) in [4.78, 5) is 0. The third-order valence-corrected chi connectivity index (χ3v) is 2.02. The Morgan fingerprint density at radius 1 is 0.929 bits per heavy atom. The monoisotopic (exact) mass is 224 g/mol. The molecule has 0 bridgehead atoms. The minimum atomic E-state index is -1.36. The van der Waals surface area contributed by atoms with E-state index in [0.29, 0.717) is 19.8 Å². The third-order valence-electron chi connectivity index (χ3n) is 1.32. The molecule has 5 nitrogen and oxygen atoms in total. The van der Waals surface area contributed by atoms with Crippen molar-refractivity contribution >= 4 is 10.0 Å². The number of ether oxygens (including phenoxy) is 3. The summed E-state index contributed by atoms with van der Waals surface area (Å²) in [7, 11) is 0.466. The van der Waals surface area contributed by atoms with E-state index in [4.69, 9.17) is 23.1 Å². The number of rotatable bonds is 9. The molecule has 0 saturated carbocycles. The van der Waals surface area contributed by atoms with Crippen LogP contribution in [-0.2, 0) is 23.1 Å². The lowest BCUT2D eigenvalue weighted by molar-refractivity contribution is -0.471. The van der Waals surface area contributed by atoms with Gasteiger partial charge in [0.25, 0.3) is 0 Å². The van der Waals surface area contributed by atoms with Crippen molar-refractivity contribution in [2.75, 3.05) is 26.9 Å². The van der Waals surface area contributed by atoms with Crippen LogP contribution in [0.3, 0.4) is 0 Å². The molecule has 14 heavy (non-hydrogen) atoms. The number of hydrogen-bond donors (Lipinski definition) is 0. The van der Waals surface area contributed by atoms with Gasteiger partial charge in [-0.2, -0.15) is 0 Å². The van der Waals surface area contributed by atoms with Gasteiger partial charge in [-0.15, -0.1) is 0 Å². The molecular formula is C8H20O5Si. The lowest BCUT2D eigenvalue weighted by Gasteiger charge is -2.30. The van der Waals surface area contributed by atoms with E-state index in [1.165, 1.54) is 0 Å². The Morgan fingerprint density at radius 2 is 1.36 bits per heavy atom. The number of hydrogen-bond acceptors (Lipinski definition) is 5. The molecule has 0 amide bonds. The molecule has 86 valence electrons. The van der Waals surface area contributed by atoms with E-state index >= 15 is 0 Å². The molecular weight excluding hydrogens is 204 g/mol. The molecule has 0 N–H and O–H groups in total. The van der Waals surface area contributed by atoms with Crippen LogP contribution in [0, 0.1) is 0 Å². The summed E-state index contributed by atoms with van der Waals surface area (Å²) in [6.07, 6.45) is -1.36. The molecule has 0 fully saturated rings. The Bertz CT molecular complexity index is 116. The highest BCUT2D eigenvalue weighted by molar-refractivity contribution is 6.17. The molecule has 0 aromatic carbocycles. The molecule has 0 aliphatic heterocycles. The van der Waals surface area contributed by atoms with Crippen LogP contribution in [0.5, 0.6) is 0 Å². The first-order valence-corrected chi connectivity index (χ1v) is 5.94. The van der Waals surface area contributed by atoms with Crippen molar-refractivity contribution in [3.8, 4) is 0 Å². The van der Waals surface area contributed by atoms with Gasteiger partial charge in [0, 0.05) is 7.11 Å². The van der Waals surface area contributed by atoms with Gasteiger partial charge in [-0.3, -0.25) is 0 Å². The van der Waals surface area contributed by atoms with Crippen molar-refractivity contribution in [1.29, 1.82) is 0 Å². The molecule has 6 heteroatoms. The van der Waals surface area contributed by atoms with E-state index in [0.717, 1.165) is 0 Å². The molecule has 0 heterocycles. The van der Waals surface area contributed by atoms with Crippen molar-refractivity contribution in [1.82, 2.24) is 0 Å². The van der Waals surface area contributed by atoms with Gasteiger partial charge >= 0.3 is 16.2 Å². The molecule has 0 aliphatic carbocycles. The molecule has 0 radical (unpaired) electrons. The molecule has 0 aliphatic rings. The zero-order valence-corrected chi connectivity index (χ0v) is 10.8. The molecule has 0 saturated heterocycles. The van der Waals surface area contributed by atoms with Gasteiger partial charge in [0.05, 0.1) is 19.8 Å². The van der Waals surface area contributed by atoms with E-state index < -0.39 is 16.2 Å². The summed E-state index contributed by atoms with van der Waals surface area (Å²) >= 11 is 0. The normalized spacial score (nSPS) is 12.9. The van der Waals surface area contributed by atoms with E-state index in [9.17, 15) is 0 Å². The SMILES string of the molecule is CCOC(OCC)(OCC)O[SiH2]OC. The van der Waals surface area contributed by atoms with Crippen molar-refractivity contribution < 1.29 is 23.1 Å². The highest BCUT2D eigenvalue weighted by Gasteiger charge is 2.34. The first-order valence-electron chi connectivity index (χ1n) is 4.79. The van der Waals surface area contributed by atoms with Crippen molar-refractivity contribution in [3.63, 3.8) is 0 Å². The zero-order chi connectivity index (χ0) is 10.9. The van der Waals surface area contributed by atoms with Crippen LogP contribution in [0.15, 0.2) is 0 Å². The van der Waals surface area contributed by atoms with Crippen LogP contribution in [0.1, 0.15) is 20.8 Å². The summed E-state index contributed by atoms with van der Waals surface area (Å²) < 4.78 is 26.2. The van der Waals surface area contributed by atoms with Crippen LogP contribution in [-0.4, -0.2) is 43.1 Å². The van der Waals surface area contributed by atoms with Gasteiger partial charge in [0.15, 0.2) is 0 Å². The second kappa shape index (κ2) is 8.34. The van der Waals surface area contributed by atoms with Crippen LogP contribution in [0.25, 0.3) is 0 Å². The van der Waals surface area contributed by atoms with E-state index in [2.05, 4.69) is 0 Å². The van der Waals surface area contributed by atoms with Gasteiger partial charge < -0.3 is 23.1 Å². The van der Waals surface area contributed by atoms with Crippen LogP contribution in [0.4, 0.5) is 0 Å². The standard InChI is InChI=1S/C8H20O5Si/c1-5-10-8(11-6-2,12-7-3)13-14-9-4/h5-7,14H2,1-4H3. The second-order valence-electron chi connectivity index (χ2n) is 2.35. The Kier molecular flexibility index (Phi) is 8.35. The molecule has 0 aromatic rings. The highest BCUT2D eigenvalue weighted by Crippen LogP contribution is 2.16. The largest absolute Gasteiger partial charge is 0.404 e. The topological polar surface area (TPSA) is 46.2 Å². The Hall–Kier alpha value is 0.0169. The van der Waals surface area contributed by atoms with E-state index in [1.54, 1.807) is 7.11 Å². The maximum atomic E-state index is 5.35.